The summed E-state index contributed by atoms with van der Waals surface area (Å²) in [4.78, 5) is 40.7. The molecule has 0 bridgehead atoms. The monoisotopic (exact) mass is 499 g/mol. The van der Waals surface area contributed by atoms with Crippen LogP contribution in [0.2, 0.25) is 0 Å². The number of esters is 1. The van der Waals surface area contributed by atoms with Gasteiger partial charge in [0.2, 0.25) is 0 Å². The van der Waals surface area contributed by atoms with E-state index in [0.29, 0.717) is 36.1 Å². The van der Waals surface area contributed by atoms with E-state index in [-0.39, 0.29) is 34.8 Å². The molecule has 11 nitrogen and oxygen atoms in total. The van der Waals surface area contributed by atoms with Crippen molar-refractivity contribution in [1.82, 2.24) is 9.55 Å². The molecule has 0 atom stereocenters. The van der Waals surface area contributed by atoms with Crippen LogP contribution >= 0.6 is 11.3 Å². The molecule has 2 N–H and O–H groups in total. The van der Waals surface area contributed by atoms with Crippen molar-refractivity contribution in [3.8, 4) is 6.07 Å². The molecule has 2 aromatic heterocycles. The van der Waals surface area contributed by atoms with E-state index in [9.17, 15) is 19.6 Å². The maximum atomic E-state index is 12.7. The summed E-state index contributed by atoms with van der Waals surface area (Å²) in [7, 11) is 1.54. The Kier molecular flexibility index (Phi) is 11.2. The van der Waals surface area contributed by atoms with Gasteiger partial charge in [-0.2, -0.15) is 5.26 Å². The number of nitrogens with one attached hydrogen (secondary N) is 2. The molecule has 0 aliphatic carbocycles. The topological polar surface area (TPSA) is 145 Å². The van der Waals surface area contributed by atoms with Crippen LogP contribution in [0.15, 0.2) is 34.8 Å². The maximum Gasteiger partial charge on any atom is 0.357 e. The van der Waals surface area contributed by atoms with Crippen molar-refractivity contribution < 1.29 is 23.8 Å². The van der Waals surface area contributed by atoms with Gasteiger partial charge >= 0.3 is 5.97 Å². The van der Waals surface area contributed by atoms with Crippen molar-refractivity contribution in [1.29, 1.82) is 5.26 Å². The minimum Gasteiger partial charge on any atom is -0.461 e. The summed E-state index contributed by atoms with van der Waals surface area (Å²) in [5.41, 5.74) is 4.84. The fourth-order valence-electron chi connectivity index (χ4n) is 2.56. The molecule has 184 valence electrons. The van der Waals surface area contributed by atoms with Gasteiger partial charge < -0.3 is 24.8 Å². The number of pyridine rings is 1. The Balaban J connectivity index is 2.26. The van der Waals surface area contributed by atoms with Crippen molar-refractivity contribution >= 4 is 46.3 Å². The average molecular weight is 500 g/mol. The minimum absolute atomic E-state index is 0.116. The van der Waals surface area contributed by atoms with Gasteiger partial charge in [-0.3, -0.25) is 14.2 Å². The Hall–Kier alpha value is -3.97. The van der Waals surface area contributed by atoms with Crippen LogP contribution in [0.5, 0.6) is 0 Å². The second-order valence-corrected chi connectivity index (χ2v) is 7.55. The molecular weight excluding hydrogens is 474 g/mol. The maximum absolute atomic E-state index is 12.7. The Morgan fingerprint density at radius 1 is 1.26 bits per heavy atom. The van der Waals surface area contributed by atoms with Gasteiger partial charge in [0.1, 0.15) is 33.5 Å². The fraction of sp³-hybridized carbons (Fsp3) is 0.348. The number of hydrogen-bond acceptors (Lipinski definition) is 10. The van der Waals surface area contributed by atoms with Crippen LogP contribution in [0.1, 0.15) is 13.8 Å². The molecule has 2 rings (SSSR count). The molecule has 0 aromatic carbocycles. The zero-order valence-electron chi connectivity index (χ0n) is 19.5. The summed E-state index contributed by atoms with van der Waals surface area (Å²) in [6.45, 7) is 4.38. The molecule has 0 aliphatic heterocycles. The lowest BCUT2D eigenvalue weighted by Gasteiger charge is -2.06. The Morgan fingerprint density at radius 2 is 2.03 bits per heavy atom. The van der Waals surface area contributed by atoms with E-state index in [1.165, 1.54) is 10.8 Å². The number of aromatic nitrogens is 2. The number of nitriles is 1. The number of carbonyl (C=O) groups excluding carboxylic acids is 2. The van der Waals surface area contributed by atoms with Crippen molar-refractivity contribution in [2.75, 3.05) is 44.2 Å². The van der Waals surface area contributed by atoms with Gasteiger partial charge in [-0.15, -0.1) is 0 Å². The first-order chi connectivity index (χ1) is 16.9. The van der Waals surface area contributed by atoms with E-state index >= 15 is 0 Å². The lowest BCUT2D eigenvalue weighted by Crippen LogP contribution is -2.30. The van der Waals surface area contributed by atoms with Crippen LogP contribution in [0.4, 0.5) is 11.6 Å². The second kappa shape index (κ2) is 14.3. The standard InChI is InChI=1S/C23H25N5O6S/c1-4-28-21(13-16(14-24)23(31)34-5-2)35-17(22(28)30)9-10-25-18-7-6-8-19(26-18)27-20(29)15-33-12-11-32-3/h6-8,10H,4-5,11-12,15H2,1-3H3,(H2,25,26,27,29). The third-order valence-corrected chi connectivity index (χ3v) is 5.14. The average Bonchev–Trinajstić information content (AvgIpc) is 3.14. The number of thiazole rings is 1. The lowest BCUT2D eigenvalue weighted by atomic mass is 10.3. The second-order valence-electron chi connectivity index (χ2n) is 6.55. The minimum atomic E-state index is -0.805. The number of amides is 1. The first-order valence-electron chi connectivity index (χ1n) is 10.6. The van der Waals surface area contributed by atoms with Gasteiger partial charge in [-0.25, -0.2) is 9.78 Å². The molecule has 2 aromatic rings. The number of ether oxygens (including phenoxy) is 3. The van der Waals surface area contributed by atoms with Gasteiger partial charge in [-0.05, 0) is 26.0 Å². The molecule has 12 heteroatoms. The van der Waals surface area contributed by atoms with Gasteiger partial charge in [0.15, 0.2) is 5.57 Å². The molecule has 0 saturated carbocycles. The van der Waals surface area contributed by atoms with E-state index in [1.54, 1.807) is 45.2 Å². The molecule has 0 saturated heterocycles. The normalized spacial score (nSPS) is 9.89. The molecular formula is C23H25N5O6S. The van der Waals surface area contributed by atoms with Gasteiger partial charge in [-0.1, -0.05) is 28.9 Å². The van der Waals surface area contributed by atoms with E-state index in [0.717, 1.165) is 11.3 Å². The number of methoxy groups -OCH3 is 1. The molecule has 1 amide bonds. The molecule has 35 heavy (non-hydrogen) atoms. The lowest BCUT2D eigenvalue weighted by molar-refractivity contribution is -0.137. The molecule has 0 unspecified atom stereocenters. The highest BCUT2D eigenvalue weighted by Crippen LogP contribution is 2.09. The summed E-state index contributed by atoms with van der Waals surface area (Å²) in [5.74, 6) is -0.439. The van der Waals surface area contributed by atoms with Gasteiger partial charge in [0, 0.05) is 19.9 Å². The van der Waals surface area contributed by atoms with Crippen LogP contribution in [-0.2, 0) is 30.3 Å². The molecule has 0 aliphatic rings. The third-order valence-electron chi connectivity index (χ3n) is 4.13. The Morgan fingerprint density at radius 3 is 2.71 bits per heavy atom. The summed E-state index contributed by atoms with van der Waals surface area (Å²) < 4.78 is 16.8. The SMILES string of the molecule is CCOC(=O)C(=C=c1sc(=C=CNc2cccc(NC(=O)COCCOC)n2)c(=O)n1CC)C#N. The molecule has 2 heterocycles. The van der Waals surface area contributed by atoms with E-state index in [4.69, 9.17) is 14.2 Å². The number of carbonyl (C=O) groups is 2. The number of hydrogen-bond donors (Lipinski definition) is 2. The fourth-order valence-corrected chi connectivity index (χ4v) is 3.55. The summed E-state index contributed by atoms with van der Waals surface area (Å²) in [6.07, 6.45) is 1.40. The predicted molar refractivity (Wildman–Crippen MR) is 130 cm³/mol. The van der Waals surface area contributed by atoms with Crippen LogP contribution in [0.25, 0.3) is 11.5 Å². The highest BCUT2D eigenvalue weighted by molar-refractivity contribution is 7.07. The van der Waals surface area contributed by atoms with E-state index in [2.05, 4.69) is 27.1 Å². The van der Waals surface area contributed by atoms with Gasteiger partial charge in [0.05, 0.1) is 19.8 Å². The van der Waals surface area contributed by atoms with E-state index < -0.39 is 5.97 Å². The zero-order chi connectivity index (χ0) is 25.6. The number of nitrogens with zero attached hydrogens (tertiary/aromatic N) is 3. The third kappa shape index (κ3) is 8.39. The zero-order valence-corrected chi connectivity index (χ0v) is 20.4. The van der Waals surface area contributed by atoms with E-state index in [1.807, 2.05) is 0 Å². The Labute approximate surface area is 205 Å². The van der Waals surface area contributed by atoms with Crippen LogP contribution < -0.4 is 25.4 Å². The number of rotatable bonds is 11. The Bertz CT molecular complexity index is 1340. The van der Waals surface area contributed by atoms with Crippen LogP contribution in [-0.4, -0.2) is 55.0 Å². The largest absolute Gasteiger partial charge is 0.461 e. The quantitative estimate of drug-likeness (QED) is 0.193. The first kappa shape index (κ1) is 27.3. The number of anilines is 2. The smallest absolute Gasteiger partial charge is 0.357 e. The van der Waals surface area contributed by atoms with Crippen molar-refractivity contribution in [2.24, 2.45) is 0 Å². The first-order valence-corrected chi connectivity index (χ1v) is 11.4. The molecule has 0 fully saturated rings. The summed E-state index contributed by atoms with van der Waals surface area (Å²) in [6, 6.07) is 6.73. The van der Waals surface area contributed by atoms with Gasteiger partial charge in [0.25, 0.3) is 11.5 Å². The highest BCUT2D eigenvalue weighted by atomic mass is 32.1. The summed E-state index contributed by atoms with van der Waals surface area (Å²) in [5, 5.41) is 14.7. The predicted octanol–water partition coefficient (Wildman–Crippen LogP) is 0.324. The van der Waals surface area contributed by atoms with Crippen LogP contribution in [0.3, 0.4) is 0 Å². The summed E-state index contributed by atoms with van der Waals surface area (Å²) >= 11 is 1.02. The van der Waals surface area contributed by atoms with Crippen molar-refractivity contribution in [3.63, 3.8) is 0 Å². The van der Waals surface area contributed by atoms with Crippen molar-refractivity contribution in [3.05, 3.63) is 49.5 Å². The molecule has 0 radical (unpaired) electrons. The van der Waals surface area contributed by atoms with Crippen molar-refractivity contribution in [2.45, 2.75) is 20.4 Å². The molecule has 0 spiro atoms. The van der Waals surface area contributed by atoms with Crippen LogP contribution in [0, 0.1) is 11.3 Å². The highest BCUT2D eigenvalue weighted by Gasteiger charge is 2.10.